The maximum Gasteiger partial charge on any atom is 0.417 e. The lowest BCUT2D eigenvalue weighted by Gasteiger charge is -2.53. The molecule has 2 aromatic carbocycles. The fourth-order valence-electron chi connectivity index (χ4n) is 6.75. The number of oxime groups is 1. The standard InChI is InChI=1S/C29H34F3NO3/c1-17(2)20-15-18-11-12-24-27(3,13-8-14-28(24,4)26(34)35)23(18)16-21(20)25(33-36-5)19-9-6-7-10-22(19)29(30,31)32/h6-7,9-10,15-17,24H,8,11-14H2,1-5H3,(H,34,35)/t24-,27-,28-/m1/s1. The van der Waals surface area contributed by atoms with E-state index in [1.54, 1.807) is 6.07 Å². The zero-order valence-corrected chi connectivity index (χ0v) is 21.5. The van der Waals surface area contributed by atoms with Crippen molar-refractivity contribution >= 4 is 11.7 Å². The fraction of sp³-hybridized carbons (Fsp3) is 0.517. The highest BCUT2D eigenvalue weighted by Gasteiger charge is 2.55. The Morgan fingerprint density at radius 2 is 1.83 bits per heavy atom. The molecule has 1 saturated carbocycles. The zero-order chi connectivity index (χ0) is 26.5. The van der Waals surface area contributed by atoms with Crippen LogP contribution in [0, 0.1) is 11.3 Å². The third-order valence-electron chi connectivity index (χ3n) is 8.56. The number of rotatable bonds is 5. The number of alkyl halides is 3. The lowest BCUT2D eigenvalue weighted by molar-refractivity contribution is -0.157. The van der Waals surface area contributed by atoms with Crippen LogP contribution in [-0.4, -0.2) is 23.9 Å². The Morgan fingerprint density at radius 3 is 2.44 bits per heavy atom. The number of benzene rings is 2. The summed E-state index contributed by atoms with van der Waals surface area (Å²) in [6.45, 7) is 8.01. The van der Waals surface area contributed by atoms with E-state index in [1.165, 1.54) is 19.2 Å². The minimum Gasteiger partial charge on any atom is -0.481 e. The van der Waals surface area contributed by atoms with Gasteiger partial charge in [-0.2, -0.15) is 13.2 Å². The number of carbonyl (C=O) groups is 1. The molecule has 4 rings (SSSR count). The van der Waals surface area contributed by atoms with Gasteiger partial charge in [0.1, 0.15) is 12.8 Å². The highest BCUT2D eigenvalue weighted by atomic mass is 19.4. The second kappa shape index (κ2) is 9.24. The van der Waals surface area contributed by atoms with Crippen molar-refractivity contribution in [2.24, 2.45) is 16.5 Å². The van der Waals surface area contributed by atoms with Gasteiger partial charge in [-0.25, -0.2) is 0 Å². The first-order chi connectivity index (χ1) is 16.8. The first kappa shape index (κ1) is 26.2. The van der Waals surface area contributed by atoms with E-state index in [0.717, 1.165) is 48.4 Å². The van der Waals surface area contributed by atoms with Crippen molar-refractivity contribution in [3.05, 3.63) is 69.8 Å². The van der Waals surface area contributed by atoms with E-state index in [0.29, 0.717) is 12.0 Å². The normalized spacial score (nSPS) is 26.4. The molecule has 1 N–H and O–H groups in total. The van der Waals surface area contributed by atoms with Gasteiger partial charge in [0.05, 0.1) is 11.0 Å². The van der Waals surface area contributed by atoms with Gasteiger partial charge in [-0.15, -0.1) is 0 Å². The van der Waals surface area contributed by atoms with Gasteiger partial charge in [0.2, 0.25) is 0 Å². The Morgan fingerprint density at radius 1 is 1.14 bits per heavy atom. The Balaban J connectivity index is 1.98. The first-order valence-electron chi connectivity index (χ1n) is 12.5. The minimum absolute atomic E-state index is 0.0339. The minimum atomic E-state index is -4.55. The van der Waals surface area contributed by atoms with Gasteiger partial charge in [-0.1, -0.05) is 56.6 Å². The molecule has 2 aliphatic rings. The Bertz CT molecular complexity index is 1200. The van der Waals surface area contributed by atoms with Crippen LogP contribution in [0.3, 0.4) is 0 Å². The van der Waals surface area contributed by atoms with Crippen LogP contribution in [0.4, 0.5) is 13.2 Å². The Kier molecular flexibility index (Phi) is 6.73. The van der Waals surface area contributed by atoms with E-state index in [-0.39, 0.29) is 23.1 Å². The van der Waals surface area contributed by atoms with Crippen molar-refractivity contribution in [1.82, 2.24) is 0 Å². The number of aliphatic carboxylic acids is 1. The van der Waals surface area contributed by atoms with Crippen LogP contribution < -0.4 is 0 Å². The van der Waals surface area contributed by atoms with Crippen molar-refractivity contribution in [3.8, 4) is 0 Å². The number of carboxylic acids is 1. The van der Waals surface area contributed by atoms with E-state index < -0.39 is 28.5 Å². The monoisotopic (exact) mass is 501 g/mol. The summed E-state index contributed by atoms with van der Waals surface area (Å²) in [6.07, 6.45) is -0.783. The van der Waals surface area contributed by atoms with Gasteiger partial charge in [0.15, 0.2) is 0 Å². The van der Waals surface area contributed by atoms with Crippen molar-refractivity contribution in [2.75, 3.05) is 7.11 Å². The van der Waals surface area contributed by atoms with Gasteiger partial charge in [0, 0.05) is 11.1 Å². The average Bonchev–Trinajstić information content (AvgIpc) is 2.81. The van der Waals surface area contributed by atoms with Crippen molar-refractivity contribution in [3.63, 3.8) is 0 Å². The molecule has 0 radical (unpaired) electrons. The molecule has 0 spiro atoms. The molecule has 0 unspecified atom stereocenters. The summed E-state index contributed by atoms with van der Waals surface area (Å²) in [4.78, 5) is 17.5. The molecule has 3 atom stereocenters. The second-order valence-corrected chi connectivity index (χ2v) is 11.0. The molecule has 2 aliphatic carbocycles. The van der Waals surface area contributed by atoms with Crippen LogP contribution >= 0.6 is 0 Å². The van der Waals surface area contributed by atoms with Crippen LogP contribution in [0.1, 0.15) is 92.7 Å². The number of hydrogen-bond acceptors (Lipinski definition) is 3. The highest BCUT2D eigenvalue weighted by Crippen LogP contribution is 2.57. The lowest BCUT2D eigenvalue weighted by Crippen LogP contribution is -2.52. The number of fused-ring (bicyclic) bond motifs is 3. The number of hydrogen-bond donors (Lipinski definition) is 1. The van der Waals surface area contributed by atoms with E-state index >= 15 is 0 Å². The summed E-state index contributed by atoms with van der Waals surface area (Å²) in [5.74, 6) is -0.806. The van der Waals surface area contributed by atoms with Gasteiger partial charge in [0.25, 0.3) is 0 Å². The largest absolute Gasteiger partial charge is 0.481 e. The predicted molar refractivity (Wildman–Crippen MR) is 133 cm³/mol. The third kappa shape index (κ3) is 4.20. The Hall–Kier alpha value is -2.83. The second-order valence-electron chi connectivity index (χ2n) is 11.0. The summed E-state index contributed by atoms with van der Waals surface area (Å²) in [5, 5.41) is 14.3. The van der Waals surface area contributed by atoms with Crippen LogP contribution in [0.2, 0.25) is 0 Å². The van der Waals surface area contributed by atoms with Crippen molar-refractivity contribution < 1.29 is 27.9 Å². The van der Waals surface area contributed by atoms with Crippen molar-refractivity contribution in [1.29, 1.82) is 0 Å². The summed E-state index contributed by atoms with van der Waals surface area (Å²) < 4.78 is 42.0. The Labute approximate surface area is 210 Å². The maximum absolute atomic E-state index is 14.0. The average molecular weight is 502 g/mol. The summed E-state index contributed by atoms with van der Waals surface area (Å²) in [7, 11) is 1.33. The van der Waals surface area contributed by atoms with Gasteiger partial charge in [-0.3, -0.25) is 4.79 Å². The number of nitrogens with zero attached hydrogens (tertiary/aromatic N) is 1. The molecule has 4 nitrogen and oxygen atoms in total. The quantitative estimate of drug-likeness (QED) is 0.345. The van der Waals surface area contributed by atoms with Crippen LogP contribution in [-0.2, 0) is 27.6 Å². The van der Waals surface area contributed by atoms with E-state index in [2.05, 4.69) is 18.1 Å². The molecule has 1 fully saturated rings. The fourth-order valence-corrected chi connectivity index (χ4v) is 6.75. The van der Waals surface area contributed by atoms with Gasteiger partial charge in [-0.05, 0) is 78.7 Å². The van der Waals surface area contributed by atoms with Crippen LogP contribution in [0.15, 0.2) is 41.6 Å². The van der Waals surface area contributed by atoms with E-state index in [4.69, 9.17) is 4.84 Å². The molecule has 0 heterocycles. The first-order valence-corrected chi connectivity index (χ1v) is 12.5. The molecule has 0 aromatic heterocycles. The number of carboxylic acid groups (broad SMARTS) is 1. The molecule has 194 valence electrons. The van der Waals surface area contributed by atoms with Gasteiger partial charge >= 0.3 is 12.1 Å². The number of halogens is 3. The molecule has 0 saturated heterocycles. The zero-order valence-electron chi connectivity index (χ0n) is 21.5. The molecule has 7 heteroatoms. The summed E-state index contributed by atoms with van der Waals surface area (Å²) in [6, 6.07) is 9.51. The third-order valence-corrected chi connectivity index (χ3v) is 8.56. The molecule has 0 aliphatic heterocycles. The predicted octanol–water partition coefficient (Wildman–Crippen LogP) is 7.32. The summed E-state index contributed by atoms with van der Waals surface area (Å²) in [5.41, 5.74) is 1.78. The maximum atomic E-state index is 14.0. The van der Waals surface area contributed by atoms with E-state index in [1.807, 2.05) is 26.8 Å². The molecular formula is C29H34F3NO3. The lowest BCUT2D eigenvalue weighted by atomic mass is 9.49. The molecule has 36 heavy (non-hydrogen) atoms. The van der Waals surface area contributed by atoms with Crippen molar-refractivity contribution in [2.45, 2.75) is 77.3 Å². The molecule has 0 amide bonds. The molecular weight excluding hydrogens is 467 g/mol. The van der Waals surface area contributed by atoms with Gasteiger partial charge < -0.3 is 9.94 Å². The molecule has 0 bridgehead atoms. The van der Waals surface area contributed by atoms with Crippen LogP contribution in [0.25, 0.3) is 0 Å². The topological polar surface area (TPSA) is 58.9 Å². The number of aryl methyl sites for hydroxylation is 1. The summed E-state index contributed by atoms with van der Waals surface area (Å²) >= 11 is 0. The van der Waals surface area contributed by atoms with E-state index in [9.17, 15) is 23.1 Å². The SMILES string of the molecule is CON=C(c1cc2c(cc1C(C)C)CC[C@H]1[C@](C)(C(=O)O)CCC[C@]21C)c1ccccc1C(F)(F)F. The highest BCUT2D eigenvalue weighted by molar-refractivity contribution is 6.14. The smallest absolute Gasteiger partial charge is 0.417 e. The van der Waals surface area contributed by atoms with Crippen LogP contribution in [0.5, 0.6) is 0 Å². The molecule has 2 aromatic rings.